The molecular formula is C18H23N5O2. The standard InChI is InChI=1S/C18H23N5O2/c1-21-6-2-3-16(18(21)24)20-17-5-4-14(11-19-17)22-7-9-23(10-8-22)15-12-25-13-15/h2-6,11,15H,7-10,12-13H2,1H3,(H,19,20). The lowest BCUT2D eigenvalue weighted by atomic mass is 10.2. The summed E-state index contributed by atoms with van der Waals surface area (Å²) in [5.74, 6) is 0.678. The van der Waals surface area contributed by atoms with E-state index in [0.29, 0.717) is 17.5 Å². The minimum atomic E-state index is -0.0653. The number of piperazine rings is 1. The summed E-state index contributed by atoms with van der Waals surface area (Å²) in [6.45, 7) is 5.89. The largest absolute Gasteiger partial charge is 0.378 e. The molecule has 2 aliphatic rings. The Morgan fingerprint density at radius 3 is 2.60 bits per heavy atom. The molecule has 132 valence electrons. The van der Waals surface area contributed by atoms with E-state index in [9.17, 15) is 4.79 Å². The molecule has 1 N–H and O–H groups in total. The minimum absolute atomic E-state index is 0.0653. The van der Waals surface area contributed by atoms with Gasteiger partial charge < -0.3 is 19.5 Å². The van der Waals surface area contributed by atoms with Crippen LogP contribution in [0.2, 0.25) is 0 Å². The van der Waals surface area contributed by atoms with Crippen molar-refractivity contribution in [2.24, 2.45) is 7.05 Å². The molecule has 7 nitrogen and oxygen atoms in total. The molecule has 4 heterocycles. The zero-order valence-corrected chi connectivity index (χ0v) is 14.4. The van der Waals surface area contributed by atoms with Gasteiger partial charge in [-0.05, 0) is 24.3 Å². The Bertz CT molecular complexity index is 777. The topological polar surface area (TPSA) is 62.6 Å². The van der Waals surface area contributed by atoms with Crippen molar-refractivity contribution in [3.05, 3.63) is 47.0 Å². The fourth-order valence-corrected chi connectivity index (χ4v) is 3.26. The number of pyridine rings is 2. The first-order chi connectivity index (χ1) is 12.2. The van der Waals surface area contributed by atoms with Crippen LogP contribution in [0, 0.1) is 0 Å². The lowest BCUT2D eigenvalue weighted by molar-refractivity contribution is -0.0660. The summed E-state index contributed by atoms with van der Waals surface area (Å²) in [5.41, 5.74) is 1.59. The van der Waals surface area contributed by atoms with Crippen molar-refractivity contribution in [1.29, 1.82) is 0 Å². The number of nitrogens with one attached hydrogen (secondary N) is 1. The first kappa shape index (κ1) is 16.1. The summed E-state index contributed by atoms with van der Waals surface area (Å²) in [7, 11) is 1.74. The number of hydrogen-bond acceptors (Lipinski definition) is 6. The Morgan fingerprint density at radius 2 is 1.96 bits per heavy atom. The number of rotatable bonds is 4. The van der Waals surface area contributed by atoms with Gasteiger partial charge in [0.15, 0.2) is 0 Å². The Balaban J connectivity index is 1.39. The molecule has 0 bridgehead atoms. The predicted molar refractivity (Wildman–Crippen MR) is 97.6 cm³/mol. The first-order valence-corrected chi connectivity index (χ1v) is 8.66. The molecule has 0 saturated carbocycles. The molecule has 0 spiro atoms. The normalized spacial score (nSPS) is 18.8. The van der Waals surface area contributed by atoms with Crippen molar-refractivity contribution in [3.63, 3.8) is 0 Å². The van der Waals surface area contributed by atoms with Gasteiger partial charge in [-0.25, -0.2) is 4.98 Å². The van der Waals surface area contributed by atoms with E-state index in [-0.39, 0.29) is 5.56 Å². The van der Waals surface area contributed by atoms with Crippen molar-refractivity contribution in [2.75, 3.05) is 49.6 Å². The molecule has 0 radical (unpaired) electrons. The predicted octanol–water partition coefficient (Wildman–Crippen LogP) is 1.04. The average Bonchev–Trinajstić information content (AvgIpc) is 2.59. The first-order valence-electron chi connectivity index (χ1n) is 8.66. The van der Waals surface area contributed by atoms with Crippen LogP contribution in [0.5, 0.6) is 0 Å². The van der Waals surface area contributed by atoms with E-state index in [4.69, 9.17) is 4.74 Å². The SMILES string of the molecule is Cn1cccc(Nc2ccc(N3CCN(C4COC4)CC3)cn2)c1=O. The van der Waals surface area contributed by atoms with Gasteiger partial charge in [0.05, 0.1) is 31.1 Å². The van der Waals surface area contributed by atoms with E-state index in [0.717, 1.165) is 45.1 Å². The van der Waals surface area contributed by atoms with Crippen LogP contribution in [0.3, 0.4) is 0 Å². The molecule has 2 aliphatic heterocycles. The van der Waals surface area contributed by atoms with Gasteiger partial charge in [0.25, 0.3) is 5.56 Å². The summed E-state index contributed by atoms with van der Waals surface area (Å²) >= 11 is 0. The lowest BCUT2D eigenvalue weighted by Crippen LogP contribution is -2.56. The average molecular weight is 341 g/mol. The highest BCUT2D eigenvalue weighted by Gasteiger charge is 2.28. The van der Waals surface area contributed by atoms with Crippen molar-refractivity contribution in [2.45, 2.75) is 6.04 Å². The number of anilines is 3. The van der Waals surface area contributed by atoms with Crippen LogP contribution in [-0.4, -0.2) is 59.9 Å². The van der Waals surface area contributed by atoms with Crippen LogP contribution in [0.15, 0.2) is 41.5 Å². The molecule has 2 aromatic heterocycles. The highest BCUT2D eigenvalue weighted by Crippen LogP contribution is 2.20. The lowest BCUT2D eigenvalue weighted by Gasteiger charge is -2.43. The Morgan fingerprint density at radius 1 is 1.16 bits per heavy atom. The molecule has 2 aromatic rings. The van der Waals surface area contributed by atoms with Crippen molar-refractivity contribution < 1.29 is 4.74 Å². The van der Waals surface area contributed by atoms with Crippen LogP contribution in [0.4, 0.5) is 17.2 Å². The van der Waals surface area contributed by atoms with E-state index in [1.807, 2.05) is 18.3 Å². The summed E-state index contributed by atoms with van der Waals surface area (Å²) in [6, 6.07) is 8.20. The molecule has 0 atom stereocenters. The molecular weight excluding hydrogens is 318 g/mol. The Hall–Kier alpha value is -2.38. The summed E-state index contributed by atoms with van der Waals surface area (Å²) in [4.78, 5) is 21.4. The highest BCUT2D eigenvalue weighted by molar-refractivity contribution is 5.57. The highest BCUT2D eigenvalue weighted by atomic mass is 16.5. The number of aryl methyl sites for hydroxylation is 1. The van der Waals surface area contributed by atoms with Crippen molar-refractivity contribution in [3.8, 4) is 0 Å². The molecule has 0 aromatic carbocycles. The maximum Gasteiger partial charge on any atom is 0.274 e. The molecule has 2 fully saturated rings. The van der Waals surface area contributed by atoms with E-state index >= 15 is 0 Å². The third kappa shape index (κ3) is 3.38. The molecule has 4 rings (SSSR count). The summed E-state index contributed by atoms with van der Waals surface area (Å²) < 4.78 is 6.83. The van der Waals surface area contributed by atoms with Crippen molar-refractivity contribution >= 4 is 17.2 Å². The van der Waals surface area contributed by atoms with Crippen molar-refractivity contribution in [1.82, 2.24) is 14.5 Å². The van der Waals surface area contributed by atoms with Gasteiger partial charge in [0.1, 0.15) is 11.5 Å². The quantitative estimate of drug-likeness (QED) is 0.897. The molecule has 0 unspecified atom stereocenters. The molecule has 25 heavy (non-hydrogen) atoms. The number of ether oxygens (including phenoxy) is 1. The second-order valence-corrected chi connectivity index (χ2v) is 6.58. The molecule has 7 heteroatoms. The second kappa shape index (κ2) is 6.85. The summed E-state index contributed by atoms with van der Waals surface area (Å²) in [5, 5.41) is 3.10. The van der Waals surface area contributed by atoms with Crippen LogP contribution in [-0.2, 0) is 11.8 Å². The van der Waals surface area contributed by atoms with Gasteiger partial charge in [-0.3, -0.25) is 9.69 Å². The second-order valence-electron chi connectivity index (χ2n) is 6.58. The van der Waals surface area contributed by atoms with Gasteiger partial charge in [-0.15, -0.1) is 0 Å². The van der Waals surface area contributed by atoms with Crippen LogP contribution in [0.25, 0.3) is 0 Å². The van der Waals surface area contributed by atoms with E-state index in [1.54, 1.807) is 23.9 Å². The van der Waals surface area contributed by atoms with Gasteiger partial charge in [0, 0.05) is 39.4 Å². The van der Waals surface area contributed by atoms with Gasteiger partial charge in [0.2, 0.25) is 0 Å². The monoisotopic (exact) mass is 341 g/mol. The number of aromatic nitrogens is 2. The zero-order valence-electron chi connectivity index (χ0n) is 14.4. The number of hydrogen-bond donors (Lipinski definition) is 1. The fraction of sp³-hybridized carbons (Fsp3) is 0.444. The molecule has 0 amide bonds. The van der Waals surface area contributed by atoms with Crippen LogP contribution < -0.4 is 15.8 Å². The molecule has 2 saturated heterocycles. The molecule has 0 aliphatic carbocycles. The van der Waals surface area contributed by atoms with Crippen LogP contribution >= 0.6 is 0 Å². The van der Waals surface area contributed by atoms with Gasteiger partial charge in [-0.2, -0.15) is 0 Å². The van der Waals surface area contributed by atoms with Gasteiger partial charge >= 0.3 is 0 Å². The maximum absolute atomic E-state index is 12.1. The van der Waals surface area contributed by atoms with E-state index in [1.165, 1.54) is 0 Å². The fourth-order valence-electron chi connectivity index (χ4n) is 3.26. The third-order valence-corrected chi connectivity index (χ3v) is 4.95. The maximum atomic E-state index is 12.1. The Kier molecular flexibility index (Phi) is 4.42. The minimum Gasteiger partial charge on any atom is -0.378 e. The van der Waals surface area contributed by atoms with Crippen LogP contribution in [0.1, 0.15) is 0 Å². The smallest absolute Gasteiger partial charge is 0.274 e. The van der Waals surface area contributed by atoms with E-state index < -0.39 is 0 Å². The zero-order chi connectivity index (χ0) is 17.2. The van der Waals surface area contributed by atoms with E-state index in [2.05, 4.69) is 26.2 Å². The third-order valence-electron chi connectivity index (χ3n) is 4.95. The summed E-state index contributed by atoms with van der Waals surface area (Å²) in [6.07, 6.45) is 3.61. The Labute approximate surface area is 146 Å². The number of nitrogens with zero attached hydrogens (tertiary/aromatic N) is 4. The van der Waals surface area contributed by atoms with Gasteiger partial charge in [-0.1, -0.05) is 0 Å².